The zero-order valence-electron chi connectivity index (χ0n) is 9.86. The van der Waals surface area contributed by atoms with Gasteiger partial charge in [0.2, 0.25) is 0 Å². The largest absolute Gasteiger partial charge is 0.392 e. The van der Waals surface area contributed by atoms with E-state index in [-0.39, 0.29) is 6.61 Å². The molecule has 0 aromatic heterocycles. The number of ether oxygens (including phenoxy) is 1. The summed E-state index contributed by atoms with van der Waals surface area (Å²) in [5.41, 5.74) is 2.24. The minimum atomic E-state index is 0.158. The predicted octanol–water partition coefficient (Wildman–Crippen LogP) is 2.92. The van der Waals surface area contributed by atoms with Crippen molar-refractivity contribution in [3.63, 3.8) is 0 Å². The van der Waals surface area contributed by atoms with Gasteiger partial charge in [0, 0.05) is 6.61 Å². The molecule has 0 fully saturated rings. The monoisotopic (exact) mass is 220 g/mol. The van der Waals surface area contributed by atoms with Crippen LogP contribution in [-0.4, -0.2) is 18.3 Å². The first-order valence-corrected chi connectivity index (χ1v) is 5.71. The van der Waals surface area contributed by atoms with Crippen LogP contribution in [0.1, 0.15) is 25.3 Å². The lowest BCUT2D eigenvalue weighted by Crippen LogP contribution is -1.95. The van der Waals surface area contributed by atoms with Gasteiger partial charge in [0.05, 0.1) is 13.2 Å². The molecular weight excluding hydrogens is 200 g/mol. The van der Waals surface area contributed by atoms with Gasteiger partial charge in [-0.15, -0.1) is 0 Å². The average Bonchev–Trinajstić information content (AvgIpc) is 2.34. The van der Waals surface area contributed by atoms with E-state index >= 15 is 0 Å². The Bertz CT molecular complexity index is 304. The quantitative estimate of drug-likeness (QED) is 0.565. The molecule has 2 heteroatoms. The van der Waals surface area contributed by atoms with E-state index in [9.17, 15) is 0 Å². The fourth-order valence-electron chi connectivity index (χ4n) is 1.36. The van der Waals surface area contributed by atoms with E-state index in [2.05, 4.69) is 18.2 Å². The number of hydrogen-bond donors (Lipinski definition) is 1. The summed E-state index contributed by atoms with van der Waals surface area (Å²) in [6, 6.07) is 10.2. The Morgan fingerprint density at radius 2 is 2.06 bits per heavy atom. The lowest BCUT2D eigenvalue weighted by Gasteiger charge is -2.03. The van der Waals surface area contributed by atoms with Crippen LogP contribution in [0.15, 0.2) is 42.0 Å². The van der Waals surface area contributed by atoms with Crippen LogP contribution in [0.3, 0.4) is 0 Å². The van der Waals surface area contributed by atoms with E-state index in [0.29, 0.717) is 6.61 Å². The summed E-state index contributed by atoms with van der Waals surface area (Å²) in [4.78, 5) is 0. The number of aliphatic hydroxyl groups is 1. The smallest absolute Gasteiger partial charge is 0.0716 e. The molecule has 0 bridgehead atoms. The Morgan fingerprint density at radius 1 is 1.31 bits per heavy atom. The minimum Gasteiger partial charge on any atom is -0.392 e. The first kappa shape index (κ1) is 12.9. The molecular formula is C14H20O2. The molecule has 0 saturated heterocycles. The van der Waals surface area contributed by atoms with Crippen molar-refractivity contribution in [2.24, 2.45) is 0 Å². The average molecular weight is 220 g/mol. The van der Waals surface area contributed by atoms with Gasteiger partial charge in [-0.05, 0) is 25.3 Å². The Morgan fingerprint density at radius 3 is 2.75 bits per heavy atom. The molecule has 0 spiro atoms. The number of hydrogen-bond acceptors (Lipinski definition) is 2. The zero-order valence-corrected chi connectivity index (χ0v) is 9.86. The van der Waals surface area contributed by atoms with E-state index in [1.54, 1.807) is 0 Å². The van der Waals surface area contributed by atoms with Crippen molar-refractivity contribution in [1.82, 2.24) is 0 Å². The number of aliphatic hydroxyl groups excluding tert-OH is 1. The molecule has 16 heavy (non-hydrogen) atoms. The second kappa shape index (κ2) is 8.08. The second-order valence-corrected chi connectivity index (χ2v) is 3.89. The maximum Gasteiger partial charge on any atom is 0.0716 e. The molecule has 2 nitrogen and oxygen atoms in total. The third-order valence-corrected chi connectivity index (χ3v) is 2.35. The summed E-state index contributed by atoms with van der Waals surface area (Å²) in [5, 5.41) is 8.79. The third kappa shape index (κ3) is 5.69. The van der Waals surface area contributed by atoms with Gasteiger partial charge in [0.25, 0.3) is 0 Å². The van der Waals surface area contributed by atoms with E-state index in [1.807, 2.05) is 25.1 Å². The molecule has 88 valence electrons. The van der Waals surface area contributed by atoms with Crippen LogP contribution in [0.2, 0.25) is 0 Å². The van der Waals surface area contributed by atoms with Crippen LogP contribution in [0.5, 0.6) is 0 Å². The lowest BCUT2D eigenvalue weighted by molar-refractivity contribution is 0.119. The molecule has 1 aromatic rings. The van der Waals surface area contributed by atoms with Gasteiger partial charge in [-0.1, -0.05) is 42.0 Å². The molecule has 0 unspecified atom stereocenters. The molecule has 0 aliphatic heterocycles. The Balaban J connectivity index is 2.05. The highest BCUT2D eigenvalue weighted by Crippen LogP contribution is 2.02. The zero-order chi connectivity index (χ0) is 11.6. The number of benzene rings is 1. The van der Waals surface area contributed by atoms with Gasteiger partial charge in [-0.3, -0.25) is 0 Å². The summed E-state index contributed by atoms with van der Waals surface area (Å²) < 4.78 is 5.54. The summed E-state index contributed by atoms with van der Waals surface area (Å²) in [6.07, 6.45) is 4.04. The first-order chi connectivity index (χ1) is 7.83. The van der Waals surface area contributed by atoms with Crippen LogP contribution in [0, 0.1) is 0 Å². The molecule has 0 atom stereocenters. The number of allylic oxidation sites excluding steroid dienone is 1. The van der Waals surface area contributed by atoms with Gasteiger partial charge in [0.15, 0.2) is 0 Å². The van der Waals surface area contributed by atoms with Gasteiger partial charge >= 0.3 is 0 Å². The predicted molar refractivity (Wildman–Crippen MR) is 66.2 cm³/mol. The highest BCUT2D eigenvalue weighted by molar-refractivity contribution is 5.13. The Labute approximate surface area is 97.6 Å². The second-order valence-electron chi connectivity index (χ2n) is 3.89. The summed E-state index contributed by atoms with van der Waals surface area (Å²) in [7, 11) is 0. The standard InChI is InChI=1S/C14H20O2/c1-13(11-15)7-5-6-10-16-12-14-8-3-2-4-9-14/h2-4,7-9,15H,5-6,10-12H2,1H3. The fraction of sp³-hybridized carbons (Fsp3) is 0.429. The third-order valence-electron chi connectivity index (χ3n) is 2.35. The van der Waals surface area contributed by atoms with Crippen LogP contribution in [0.4, 0.5) is 0 Å². The van der Waals surface area contributed by atoms with Gasteiger partial charge in [-0.2, -0.15) is 0 Å². The lowest BCUT2D eigenvalue weighted by atomic mass is 10.2. The van der Waals surface area contributed by atoms with Gasteiger partial charge < -0.3 is 9.84 Å². The minimum absolute atomic E-state index is 0.158. The summed E-state index contributed by atoms with van der Waals surface area (Å²) >= 11 is 0. The van der Waals surface area contributed by atoms with Crippen molar-refractivity contribution in [3.05, 3.63) is 47.5 Å². The first-order valence-electron chi connectivity index (χ1n) is 5.71. The fourth-order valence-corrected chi connectivity index (χ4v) is 1.36. The highest BCUT2D eigenvalue weighted by atomic mass is 16.5. The molecule has 0 aliphatic rings. The number of unbranched alkanes of at least 4 members (excludes halogenated alkanes) is 1. The van der Waals surface area contributed by atoms with E-state index in [4.69, 9.17) is 9.84 Å². The topological polar surface area (TPSA) is 29.5 Å². The van der Waals surface area contributed by atoms with Crippen LogP contribution in [-0.2, 0) is 11.3 Å². The van der Waals surface area contributed by atoms with Crippen molar-refractivity contribution in [2.75, 3.05) is 13.2 Å². The Hall–Kier alpha value is -1.12. The molecule has 0 amide bonds. The molecule has 1 aromatic carbocycles. The Kier molecular flexibility index (Phi) is 6.54. The van der Waals surface area contributed by atoms with Crippen LogP contribution >= 0.6 is 0 Å². The van der Waals surface area contributed by atoms with Crippen molar-refractivity contribution in [3.8, 4) is 0 Å². The molecule has 1 rings (SSSR count). The molecule has 0 saturated carbocycles. The van der Waals surface area contributed by atoms with Crippen LogP contribution < -0.4 is 0 Å². The van der Waals surface area contributed by atoms with Crippen LogP contribution in [0.25, 0.3) is 0 Å². The van der Waals surface area contributed by atoms with Crippen molar-refractivity contribution < 1.29 is 9.84 Å². The van der Waals surface area contributed by atoms with E-state index in [1.165, 1.54) is 5.56 Å². The van der Waals surface area contributed by atoms with Gasteiger partial charge in [0.1, 0.15) is 0 Å². The highest BCUT2D eigenvalue weighted by Gasteiger charge is 1.91. The van der Waals surface area contributed by atoms with E-state index in [0.717, 1.165) is 25.0 Å². The maximum absolute atomic E-state index is 8.79. The van der Waals surface area contributed by atoms with Crippen molar-refractivity contribution in [2.45, 2.75) is 26.4 Å². The molecule has 0 radical (unpaired) electrons. The molecule has 0 heterocycles. The summed E-state index contributed by atoms with van der Waals surface area (Å²) in [5.74, 6) is 0. The van der Waals surface area contributed by atoms with Gasteiger partial charge in [-0.25, -0.2) is 0 Å². The van der Waals surface area contributed by atoms with Crippen molar-refractivity contribution >= 4 is 0 Å². The van der Waals surface area contributed by atoms with Crippen molar-refractivity contribution in [1.29, 1.82) is 0 Å². The van der Waals surface area contributed by atoms with E-state index < -0.39 is 0 Å². The normalized spacial score (nSPS) is 11.8. The number of rotatable bonds is 7. The molecule has 0 aliphatic carbocycles. The molecule has 1 N–H and O–H groups in total. The summed E-state index contributed by atoms with van der Waals surface area (Å²) in [6.45, 7) is 3.54. The SMILES string of the molecule is CC(=CCCCOCc1ccccc1)CO. The maximum atomic E-state index is 8.79.